The van der Waals surface area contributed by atoms with Crippen LogP contribution in [0.1, 0.15) is 27.2 Å². The molecule has 0 aromatic carbocycles. The van der Waals surface area contributed by atoms with Gasteiger partial charge in [-0.2, -0.15) is 0 Å². The maximum absolute atomic E-state index is 3.85. The van der Waals surface area contributed by atoms with Gasteiger partial charge in [0, 0.05) is 18.3 Å². The SMILES string of the molecule is C=C1CC(C(C)(C)C)=CN1. The van der Waals surface area contributed by atoms with E-state index in [4.69, 9.17) is 0 Å². The highest BCUT2D eigenvalue weighted by molar-refractivity contribution is 5.24. The molecule has 0 aromatic heterocycles. The van der Waals surface area contributed by atoms with Crippen LogP contribution in [0.3, 0.4) is 0 Å². The molecule has 10 heavy (non-hydrogen) atoms. The summed E-state index contributed by atoms with van der Waals surface area (Å²) in [4.78, 5) is 0. The van der Waals surface area contributed by atoms with E-state index < -0.39 is 0 Å². The van der Waals surface area contributed by atoms with Crippen LogP contribution in [-0.2, 0) is 0 Å². The molecule has 0 saturated heterocycles. The average Bonchev–Trinajstić information content (AvgIpc) is 2.11. The summed E-state index contributed by atoms with van der Waals surface area (Å²) in [5.41, 5.74) is 2.86. The van der Waals surface area contributed by atoms with Gasteiger partial charge in [0.15, 0.2) is 0 Å². The van der Waals surface area contributed by atoms with Crippen LogP contribution in [0.5, 0.6) is 0 Å². The van der Waals surface area contributed by atoms with Gasteiger partial charge in [-0.25, -0.2) is 0 Å². The molecule has 0 saturated carbocycles. The Bertz CT molecular complexity index is 181. The molecule has 0 aromatic rings. The zero-order valence-corrected chi connectivity index (χ0v) is 6.99. The fourth-order valence-electron chi connectivity index (χ4n) is 1.00. The van der Waals surface area contributed by atoms with E-state index in [0.29, 0.717) is 5.41 Å². The van der Waals surface area contributed by atoms with Gasteiger partial charge in [-0.1, -0.05) is 27.4 Å². The zero-order chi connectivity index (χ0) is 7.78. The highest BCUT2D eigenvalue weighted by atomic mass is 14.9. The van der Waals surface area contributed by atoms with Gasteiger partial charge in [0.25, 0.3) is 0 Å². The van der Waals surface area contributed by atoms with E-state index in [1.165, 1.54) is 5.57 Å². The molecule has 0 atom stereocenters. The van der Waals surface area contributed by atoms with Crippen LogP contribution in [0.25, 0.3) is 0 Å². The van der Waals surface area contributed by atoms with E-state index in [0.717, 1.165) is 12.1 Å². The molecular weight excluding hydrogens is 122 g/mol. The van der Waals surface area contributed by atoms with Gasteiger partial charge in [-0.15, -0.1) is 0 Å². The van der Waals surface area contributed by atoms with E-state index in [2.05, 4.69) is 38.9 Å². The van der Waals surface area contributed by atoms with E-state index in [1.807, 2.05) is 0 Å². The summed E-state index contributed by atoms with van der Waals surface area (Å²) in [6.07, 6.45) is 3.09. The summed E-state index contributed by atoms with van der Waals surface area (Å²) < 4.78 is 0. The third-order valence-electron chi connectivity index (χ3n) is 1.82. The fraction of sp³-hybridized carbons (Fsp3) is 0.556. The van der Waals surface area contributed by atoms with Crippen molar-refractivity contribution in [2.45, 2.75) is 27.2 Å². The maximum atomic E-state index is 3.85. The van der Waals surface area contributed by atoms with Gasteiger partial charge < -0.3 is 5.32 Å². The minimum atomic E-state index is 0.298. The minimum Gasteiger partial charge on any atom is -0.365 e. The molecule has 0 unspecified atom stereocenters. The molecule has 1 rings (SSSR count). The number of allylic oxidation sites excluding steroid dienone is 1. The molecule has 0 fully saturated rings. The van der Waals surface area contributed by atoms with Crippen molar-refractivity contribution in [3.8, 4) is 0 Å². The van der Waals surface area contributed by atoms with Crippen LogP contribution in [0, 0.1) is 5.41 Å². The number of rotatable bonds is 0. The van der Waals surface area contributed by atoms with Crippen molar-refractivity contribution in [2.24, 2.45) is 5.41 Å². The van der Waals surface area contributed by atoms with Crippen LogP contribution >= 0.6 is 0 Å². The number of hydrogen-bond donors (Lipinski definition) is 1. The van der Waals surface area contributed by atoms with Crippen molar-refractivity contribution in [1.29, 1.82) is 0 Å². The molecule has 1 aliphatic rings. The molecule has 1 nitrogen and oxygen atoms in total. The zero-order valence-electron chi connectivity index (χ0n) is 6.99. The first kappa shape index (κ1) is 7.39. The molecular formula is C9H15N. The second-order valence-electron chi connectivity index (χ2n) is 3.84. The first-order valence-corrected chi connectivity index (χ1v) is 3.64. The molecule has 0 amide bonds. The van der Waals surface area contributed by atoms with Gasteiger partial charge in [-0.05, 0) is 11.0 Å². The third-order valence-corrected chi connectivity index (χ3v) is 1.82. The summed E-state index contributed by atoms with van der Waals surface area (Å²) in [6.45, 7) is 10.5. The largest absolute Gasteiger partial charge is 0.365 e. The highest BCUT2D eigenvalue weighted by Crippen LogP contribution is 2.31. The van der Waals surface area contributed by atoms with Gasteiger partial charge in [0.2, 0.25) is 0 Å². The van der Waals surface area contributed by atoms with Crippen LogP contribution in [0.4, 0.5) is 0 Å². The Morgan fingerprint density at radius 2 is 2.10 bits per heavy atom. The molecule has 1 heteroatoms. The number of hydrogen-bond acceptors (Lipinski definition) is 1. The van der Waals surface area contributed by atoms with Crippen molar-refractivity contribution in [2.75, 3.05) is 0 Å². The Kier molecular flexibility index (Phi) is 1.59. The quantitative estimate of drug-likeness (QED) is 0.540. The van der Waals surface area contributed by atoms with Crippen molar-refractivity contribution < 1.29 is 0 Å². The van der Waals surface area contributed by atoms with Crippen LogP contribution in [-0.4, -0.2) is 0 Å². The average molecular weight is 137 g/mol. The third kappa shape index (κ3) is 1.41. The highest BCUT2D eigenvalue weighted by Gasteiger charge is 2.20. The van der Waals surface area contributed by atoms with Gasteiger partial charge in [0.05, 0.1) is 0 Å². The first-order valence-electron chi connectivity index (χ1n) is 3.64. The van der Waals surface area contributed by atoms with Gasteiger partial charge >= 0.3 is 0 Å². The Labute approximate surface area is 62.8 Å². The Morgan fingerprint density at radius 1 is 1.50 bits per heavy atom. The van der Waals surface area contributed by atoms with E-state index >= 15 is 0 Å². The second-order valence-corrected chi connectivity index (χ2v) is 3.84. The Balaban J connectivity index is 2.69. The molecule has 1 heterocycles. The molecule has 0 radical (unpaired) electrons. The second kappa shape index (κ2) is 2.15. The first-order chi connectivity index (χ1) is 4.50. The van der Waals surface area contributed by atoms with E-state index in [9.17, 15) is 0 Å². The Morgan fingerprint density at radius 3 is 2.30 bits per heavy atom. The molecule has 0 aliphatic carbocycles. The summed E-state index contributed by atoms with van der Waals surface area (Å²) in [5.74, 6) is 0. The number of nitrogens with one attached hydrogen (secondary N) is 1. The Hall–Kier alpha value is -0.720. The van der Waals surface area contributed by atoms with Gasteiger partial charge in [-0.3, -0.25) is 0 Å². The lowest BCUT2D eigenvalue weighted by Crippen LogP contribution is -2.07. The lowest BCUT2D eigenvalue weighted by molar-refractivity contribution is 0.496. The predicted molar refractivity (Wildman–Crippen MR) is 44.4 cm³/mol. The molecule has 0 spiro atoms. The lowest BCUT2D eigenvalue weighted by atomic mass is 9.86. The maximum Gasteiger partial charge on any atom is 0.0115 e. The van der Waals surface area contributed by atoms with E-state index in [1.54, 1.807) is 0 Å². The summed E-state index contributed by atoms with van der Waals surface area (Å²) in [7, 11) is 0. The smallest absolute Gasteiger partial charge is 0.0115 e. The predicted octanol–water partition coefficient (Wildman–Crippen LogP) is 2.42. The molecule has 1 aliphatic heterocycles. The van der Waals surface area contributed by atoms with Crippen molar-refractivity contribution in [3.63, 3.8) is 0 Å². The molecule has 0 bridgehead atoms. The van der Waals surface area contributed by atoms with Crippen molar-refractivity contribution in [3.05, 3.63) is 24.0 Å². The topological polar surface area (TPSA) is 12.0 Å². The standard InChI is InChI=1S/C9H15N/c1-7-5-8(6-10-7)9(2,3)4/h6,10H,1,5H2,2-4H3. The normalized spacial score (nSPS) is 18.7. The fourth-order valence-corrected chi connectivity index (χ4v) is 1.00. The molecule has 56 valence electrons. The lowest BCUT2D eigenvalue weighted by Gasteiger charge is -2.18. The monoisotopic (exact) mass is 137 g/mol. The minimum absolute atomic E-state index is 0.298. The molecule has 1 N–H and O–H groups in total. The van der Waals surface area contributed by atoms with Gasteiger partial charge in [0.1, 0.15) is 0 Å². The summed E-state index contributed by atoms with van der Waals surface area (Å²) >= 11 is 0. The van der Waals surface area contributed by atoms with Crippen molar-refractivity contribution in [1.82, 2.24) is 5.32 Å². The van der Waals surface area contributed by atoms with Crippen molar-refractivity contribution >= 4 is 0 Å². The summed E-state index contributed by atoms with van der Waals surface area (Å²) in [6, 6.07) is 0. The summed E-state index contributed by atoms with van der Waals surface area (Å²) in [5, 5.41) is 3.12. The van der Waals surface area contributed by atoms with Crippen LogP contribution in [0.15, 0.2) is 24.0 Å². The van der Waals surface area contributed by atoms with Crippen LogP contribution in [0.2, 0.25) is 0 Å². The van der Waals surface area contributed by atoms with Crippen LogP contribution < -0.4 is 5.32 Å². The van der Waals surface area contributed by atoms with E-state index in [-0.39, 0.29) is 0 Å².